The minimum absolute atomic E-state index is 0.126. The zero-order chi connectivity index (χ0) is 20.1. The number of hydrogen-bond donors (Lipinski definition) is 2. The number of hydrogen-bond acceptors (Lipinski definition) is 4. The number of piperazine rings is 1. The standard InChI is InChI=1S/C23H29N3O3/c1-2-6-23(27)24-16-20(18-9-10-21-22(15-18)29-17-28-21)26-13-11-25(12-14-26)19-7-4-3-5-8-19/h3-5,7-10,15,20H,2,6,11-14,16-17H2,1H3,(H,24,27)/p+1/t20-/m0/s1. The highest BCUT2D eigenvalue weighted by Crippen LogP contribution is 2.33. The average Bonchev–Trinajstić information content (AvgIpc) is 3.23. The summed E-state index contributed by atoms with van der Waals surface area (Å²) in [6.45, 7) is 7.00. The van der Waals surface area contributed by atoms with Crippen LogP contribution >= 0.6 is 0 Å². The first-order valence-corrected chi connectivity index (χ1v) is 10.6. The van der Waals surface area contributed by atoms with Gasteiger partial charge < -0.3 is 24.6 Å². The Hall–Kier alpha value is -2.73. The molecule has 6 nitrogen and oxygen atoms in total. The second kappa shape index (κ2) is 9.18. The van der Waals surface area contributed by atoms with E-state index in [2.05, 4.69) is 52.7 Å². The van der Waals surface area contributed by atoms with E-state index in [0.29, 0.717) is 13.0 Å². The molecule has 0 spiro atoms. The fourth-order valence-corrected chi connectivity index (χ4v) is 4.20. The number of anilines is 1. The normalized spacial score (nSPS) is 17.2. The Kier molecular flexibility index (Phi) is 6.20. The molecule has 1 amide bonds. The fourth-order valence-electron chi connectivity index (χ4n) is 4.20. The van der Waals surface area contributed by atoms with Crippen LogP contribution in [0.25, 0.3) is 0 Å². The maximum absolute atomic E-state index is 12.1. The van der Waals surface area contributed by atoms with Gasteiger partial charge in [0.05, 0.1) is 32.7 Å². The third kappa shape index (κ3) is 4.65. The quantitative estimate of drug-likeness (QED) is 0.749. The minimum Gasteiger partial charge on any atom is -0.454 e. The molecule has 0 bridgehead atoms. The van der Waals surface area contributed by atoms with Gasteiger partial charge in [-0.05, 0) is 36.8 Å². The number of quaternary nitrogens is 1. The van der Waals surface area contributed by atoms with E-state index in [1.807, 2.05) is 13.0 Å². The van der Waals surface area contributed by atoms with Crippen LogP contribution in [0, 0.1) is 0 Å². The van der Waals surface area contributed by atoms with Gasteiger partial charge in [-0.15, -0.1) is 0 Å². The largest absolute Gasteiger partial charge is 0.454 e. The minimum atomic E-state index is 0.126. The SMILES string of the molecule is CCCC(=O)NC[C@@H](c1ccc2c(c1)OCO2)[NH+]1CCN(c2ccccc2)CC1. The first kappa shape index (κ1) is 19.6. The summed E-state index contributed by atoms with van der Waals surface area (Å²) in [6, 6.07) is 17.0. The summed E-state index contributed by atoms with van der Waals surface area (Å²) in [5.41, 5.74) is 2.47. The van der Waals surface area contributed by atoms with Crippen molar-refractivity contribution in [2.75, 3.05) is 44.4 Å². The highest BCUT2D eigenvalue weighted by atomic mass is 16.7. The number of nitrogens with zero attached hydrogens (tertiary/aromatic N) is 1. The van der Waals surface area contributed by atoms with E-state index >= 15 is 0 Å². The molecule has 0 unspecified atom stereocenters. The van der Waals surface area contributed by atoms with Crippen LogP contribution in [-0.4, -0.2) is 45.4 Å². The number of carbonyl (C=O) groups excluding carboxylic acids is 1. The van der Waals surface area contributed by atoms with Gasteiger partial charge in [0, 0.05) is 17.7 Å². The number of rotatable bonds is 7. The zero-order valence-electron chi connectivity index (χ0n) is 17.0. The average molecular weight is 397 g/mol. The van der Waals surface area contributed by atoms with E-state index < -0.39 is 0 Å². The van der Waals surface area contributed by atoms with Gasteiger partial charge in [-0.3, -0.25) is 4.79 Å². The number of ether oxygens (including phenoxy) is 2. The summed E-state index contributed by atoms with van der Waals surface area (Å²) in [7, 11) is 0. The van der Waals surface area contributed by atoms with Crippen molar-refractivity contribution in [1.82, 2.24) is 5.32 Å². The number of benzene rings is 2. The smallest absolute Gasteiger partial charge is 0.231 e. The molecular formula is C23H30N3O3+. The Balaban J connectivity index is 1.47. The Morgan fingerprint density at radius 1 is 1.10 bits per heavy atom. The summed E-state index contributed by atoms with van der Waals surface area (Å²) in [6.07, 6.45) is 1.44. The lowest BCUT2D eigenvalue weighted by Gasteiger charge is -2.38. The van der Waals surface area contributed by atoms with E-state index in [0.717, 1.165) is 44.1 Å². The number of para-hydroxylation sites is 1. The topological polar surface area (TPSA) is 55.2 Å². The molecule has 4 rings (SSSR count). The molecular weight excluding hydrogens is 366 g/mol. The van der Waals surface area contributed by atoms with Crippen LogP contribution in [0.2, 0.25) is 0 Å². The van der Waals surface area contributed by atoms with Gasteiger partial charge >= 0.3 is 0 Å². The van der Waals surface area contributed by atoms with E-state index in [1.165, 1.54) is 16.2 Å². The molecule has 6 heteroatoms. The third-order valence-corrected chi connectivity index (χ3v) is 5.80. The summed E-state index contributed by atoms with van der Waals surface area (Å²) in [5.74, 6) is 1.72. The Labute approximate surface area is 172 Å². The number of amides is 1. The van der Waals surface area contributed by atoms with Gasteiger partial charge in [0.2, 0.25) is 12.7 Å². The monoisotopic (exact) mass is 396 g/mol. The van der Waals surface area contributed by atoms with E-state index in [9.17, 15) is 4.79 Å². The number of carbonyl (C=O) groups is 1. The van der Waals surface area contributed by atoms with Crippen LogP contribution in [0.4, 0.5) is 5.69 Å². The molecule has 2 aliphatic heterocycles. The van der Waals surface area contributed by atoms with Crippen LogP contribution < -0.4 is 24.6 Å². The Morgan fingerprint density at radius 2 is 1.86 bits per heavy atom. The molecule has 154 valence electrons. The fraction of sp³-hybridized carbons (Fsp3) is 0.435. The van der Waals surface area contributed by atoms with Gasteiger partial charge in [-0.25, -0.2) is 0 Å². The maximum atomic E-state index is 12.1. The van der Waals surface area contributed by atoms with Crippen LogP contribution in [0.5, 0.6) is 11.5 Å². The molecule has 2 aliphatic rings. The molecule has 2 aromatic carbocycles. The first-order chi connectivity index (χ1) is 14.2. The van der Waals surface area contributed by atoms with Crippen molar-refractivity contribution in [2.45, 2.75) is 25.8 Å². The second-order valence-corrected chi connectivity index (χ2v) is 7.70. The first-order valence-electron chi connectivity index (χ1n) is 10.6. The van der Waals surface area contributed by atoms with E-state index in [1.54, 1.807) is 0 Å². The van der Waals surface area contributed by atoms with Crippen molar-refractivity contribution in [1.29, 1.82) is 0 Å². The highest BCUT2D eigenvalue weighted by molar-refractivity contribution is 5.75. The molecule has 0 aliphatic carbocycles. The molecule has 0 saturated carbocycles. The summed E-state index contributed by atoms with van der Waals surface area (Å²) in [4.78, 5) is 16.0. The molecule has 29 heavy (non-hydrogen) atoms. The van der Waals surface area contributed by atoms with Crippen molar-refractivity contribution >= 4 is 11.6 Å². The van der Waals surface area contributed by atoms with Crippen molar-refractivity contribution < 1.29 is 19.2 Å². The molecule has 2 aromatic rings. The van der Waals surface area contributed by atoms with Crippen LogP contribution in [-0.2, 0) is 4.79 Å². The van der Waals surface area contributed by atoms with Gasteiger partial charge in [0.1, 0.15) is 6.04 Å². The van der Waals surface area contributed by atoms with Gasteiger partial charge in [-0.1, -0.05) is 25.1 Å². The van der Waals surface area contributed by atoms with Crippen molar-refractivity contribution in [3.8, 4) is 11.5 Å². The van der Waals surface area contributed by atoms with Crippen molar-refractivity contribution in [3.63, 3.8) is 0 Å². The Morgan fingerprint density at radius 3 is 2.62 bits per heavy atom. The molecule has 0 radical (unpaired) electrons. The van der Waals surface area contributed by atoms with Gasteiger partial charge in [-0.2, -0.15) is 0 Å². The highest BCUT2D eigenvalue weighted by Gasteiger charge is 2.30. The van der Waals surface area contributed by atoms with E-state index in [4.69, 9.17) is 9.47 Å². The van der Waals surface area contributed by atoms with Crippen molar-refractivity contribution in [3.05, 3.63) is 54.1 Å². The predicted molar refractivity (Wildman–Crippen MR) is 113 cm³/mol. The molecule has 2 N–H and O–H groups in total. The third-order valence-electron chi connectivity index (χ3n) is 5.80. The summed E-state index contributed by atoms with van der Waals surface area (Å²) >= 11 is 0. The lowest BCUT2D eigenvalue weighted by atomic mass is 10.0. The van der Waals surface area contributed by atoms with Crippen molar-refractivity contribution in [2.24, 2.45) is 0 Å². The number of nitrogens with one attached hydrogen (secondary N) is 2. The predicted octanol–water partition coefficient (Wildman–Crippen LogP) is 1.78. The molecule has 1 atom stereocenters. The van der Waals surface area contributed by atoms with Gasteiger partial charge in [0.25, 0.3) is 0 Å². The number of fused-ring (bicyclic) bond motifs is 1. The lowest BCUT2D eigenvalue weighted by molar-refractivity contribution is -0.931. The summed E-state index contributed by atoms with van der Waals surface area (Å²) in [5, 5.41) is 3.14. The van der Waals surface area contributed by atoms with Crippen LogP contribution in [0.1, 0.15) is 31.4 Å². The van der Waals surface area contributed by atoms with Crippen LogP contribution in [0.15, 0.2) is 48.5 Å². The summed E-state index contributed by atoms with van der Waals surface area (Å²) < 4.78 is 11.1. The maximum Gasteiger partial charge on any atom is 0.231 e. The lowest BCUT2D eigenvalue weighted by Crippen LogP contribution is -3.15. The molecule has 1 fully saturated rings. The second-order valence-electron chi connectivity index (χ2n) is 7.70. The van der Waals surface area contributed by atoms with Crippen LogP contribution in [0.3, 0.4) is 0 Å². The molecule has 2 heterocycles. The Bertz CT molecular complexity index is 819. The zero-order valence-corrected chi connectivity index (χ0v) is 17.0. The van der Waals surface area contributed by atoms with Gasteiger partial charge in [0.15, 0.2) is 11.5 Å². The van der Waals surface area contributed by atoms with E-state index in [-0.39, 0.29) is 18.7 Å². The molecule has 1 saturated heterocycles. The molecule has 0 aromatic heterocycles.